The SMILES string of the molecule is CCc1nn2c(N3CC[NH+](CC)CC3)cc(C)nc2c1-c1ccccc1. The van der Waals surface area contributed by atoms with Crippen LogP contribution in [0.5, 0.6) is 0 Å². The summed E-state index contributed by atoms with van der Waals surface area (Å²) in [7, 11) is 0. The Morgan fingerprint density at radius 2 is 1.81 bits per heavy atom. The molecule has 136 valence electrons. The van der Waals surface area contributed by atoms with Gasteiger partial charge in [-0.1, -0.05) is 37.3 Å². The van der Waals surface area contributed by atoms with E-state index in [9.17, 15) is 0 Å². The van der Waals surface area contributed by atoms with Gasteiger partial charge in [-0.15, -0.1) is 0 Å². The summed E-state index contributed by atoms with van der Waals surface area (Å²) in [5.74, 6) is 1.18. The van der Waals surface area contributed by atoms with Crippen LogP contribution in [0, 0.1) is 6.92 Å². The Bertz CT molecular complexity index is 892. The number of quaternary nitrogens is 1. The highest BCUT2D eigenvalue weighted by atomic mass is 15.4. The molecule has 0 amide bonds. The molecule has 1 fully saturated rings. The summed E-state index contributed by atoms with van der Waals surface area (Å²) in [6, 6.07) is 12.7. The fourth-order valence-electron chi connectivity index (χ4n) is 3.94. The summed E-state index contributed by atoms with van der Waals surface area (Å²) >= 11 is 0. The second-order valence-corrected chi connectivity index (χ2v) is 7.12. The van der Waals surface area contributed by atoms with Gasteiger partial charge in [-0.2, -0.15) is 9.61 Å². The molecule has 1 saturated heterocycles. The van der Waals surface area contributed by atoms with Crippen LogP contribution >= 0.6 is 0 Å². The van der Waals surface area contributed by atoms with Gasteiger partial charge in [0.25, 0.3) is 0 Å². The predicted octanol–water partition coefficient (Wildman–Crippen LogP) is 1.99. The molecule has 1 aromatic carbocycles. The van der Waals surface area contributed by atoms with Crippen LogP contribution in [0.25, 0.3) is 16.8 Å². The highest BCUT2D eigenvalue weighted by Crippen LogP contribution is 2.30. The number of piperazine rings is 1. The summed E-state index contributed by atoms with van der Waals surface area (Å²) in [6.45, 7) is 12.3. The van der Waals surface area contributed by atoms with E-state index in [1.54, 1.807) is 4.90 Å². The molecule has 0 saturated carbocycles. The molecule has 0 spiro atoms. The minimum atomic E-state index is 0.903. The minimum absolute atomic E-state index is 0.903. The lowest BCUT2D eigenvalue weighted by molar-refractivity contribution is -0.898. The van der Waals surface area contributed by atoms with E-state index in [1.807, 2.05) is 0 Å². The van der Waals surface area contributed by atoms with E-state index in [0.29, 0.717) is 0 Å². The van der Waals surface area contributed by atoms with Crippen molar-refractivity contribution in [3.63, 3.8) is 0 Å². The number of likely N-dealkylation sites (N-methyl/N-ethyl adjacent to an activating group) is 1. The lowest BCUT2D eigenvalue weighted by Gasteiger charge is -2.33. The average Bonchev–Trinajstić information content (AvgIpc) is 3.06. The fourth-order valence-corrected chi connectivity index (χ4v) is 3.94. The molecule has 26 heavy (non-hydrogen) atoms. The van der Waals surface area contributed by atoms with Crippen LogP contribution in [-0.4, -0.2) is 47.3 Å². The zero-order valence-electron chi connectivity index (χ0n) is 16.0. The fraction of sp³-hybridized carbons (Fsp3) is 0.429. The van der Waals surface area contributed by atoms with Gasteiger partial charge in [0.2, 0.25) is 0 Å². The maximum absolute atomic E-state index is 4.97. The Balaban J connectivity index is 1.84. The molecule has 3 heterocycles. The van der Waals surface area contributed by atoms with E-state index in [0.717, 1.165) is 36.5 Å². The molecule has 0 radical (unpaired) electrons. The standard InChI is InChI=1S/C21H27N5/c1-4-18-20(17-9-7-6-8-10-17)21-22-16(3)15-19(26(21)23-18)25-13-11-24(5-2)12-14-25/h6-10,15H,4-5,11-14H2,1-3H3/p+1. The molecular weight excluding hydrogens is 322 g/mol. The topological polar surface area (TPSA) is 37.9 Å². The summed E-state index contributed by atoms with van der Waals surface area (Å²) in [5.41, 5.74) is 5.53. The number of anilines is 1. The number of rotatable bonds is 4. The maximum atomic E-state index is 4.97. The van der Waals surface area contributed by atoms with E-state index < -0.39 is 0 Å². The highest BCUT2D eigenvalue weighted by molar-refractivity contribution is 5.81. The van der Waals surface area contributed by atoms with E-state index in [4.69, 9.17) is 10.1 Å². The molecule has 0 unspecified atom stereocenters. The predicted molar refractivity (Wildman–Crippen MR) is 106 cm³/mol. The van der Waals surface area contributed by atoms with E-state index in [1.165, 1.54) is 36.6 Å². The van der Waals surface area contributed by atoms with Gasteiger partial charge in [-0.3, -0.25) is 0 Å². The van der Waals surface area contributed by atoms with Crippen LogP contribution in [-0.2, 0) is 6.42 Å². The van der Waals surface area contributed by atoms with Gasteiger partial charge in [-0.05, 0) is 25.8 Å². The first-order valence-electron chi connectivity index (χ1n) is 9.74. The largest absolute Gasteiger partial charge is 0.345 e. The van der Waals surface area contributed by atoms with E-state index >= 15 is 0 Å². The highest BCUT2D eigenvalue weighted by Gasteiger charge is 2.24. The summed E-state index contributed by atoms with van der Waals surface area (Å²) in [5, 5.41) is 4.97. The molecule has 2 aromatic heterocycles. The van der Waals surface area contributed by atoms with Gasteiger partial charge in [0, 0.05) is 17.3 Å². The van der Waals surface area contributed by atoms with Crippen LogP contribution in [0.1, 0.15) is 25.2 Å². The number of hydrogen-bond donors (Lipinski definition) is 1. The minimum Gasteiger partial charge on any atom is -0.345 e. The van der Waals surface area contributed by atoms with Gasteiger partial charge >= 0.3 is 0 Å². The van der Waals surface area contributed by atoms with E-state index in [-0.39, 0.29) is 0 Å². The number of nitrogens with zero attached hydrogens (tertiary/aromatic N) is 4. The van der Waals surface area contributed by atoms with Crippen molar-refractivity contribution in [2.24, 2.45) is 0 Å². The van der Waals surface area contributed by atoms with Crippen molar-refractivity contribution in [3.8, 4) is 11.1 Å². The lowest BCUT2D eigenvalue weighted by Crippen LogP contribution is -3.14. The smallest absolute Gasteiger partial charge is 0.165 e. The summed E-state index contributed by atoms with van der Waals surface area (Å²) in [6.07, 6.45) is 0.903. The Hall–Kier alpha value is -2.40. The second kappa shape index (κ2) is 7.08. The second-order valence-electron chi connectivity index (χ2n) is 7.12. The molecule has 1 aliphatic heterocycles. The van der Waals surface area contributed by atoms with Crippen LogP contribution in [0.3, 0.4) is 0 Å². The number of hydrogen-bond acceptors (Lipinski definition) is 3. The van der Waals surface area contributed by atoms with Crippen molar-refractivity contribution in [2.75, 3.05) is 37.6 Å². The Kier molecular flexibility index (Phi) is 4.64. The van der Waals surface area contributed by atoms with Crippen LogP contribution in [0.2, 0.25) is 0 Å². The number of aromatic nitrogens is 3. The third-order valence-corrected chi connectivity index (χ3v) is 5.46. The van der Waals surface area contributed by atoms with Gasteiger partial charge in [0.1, 0.15) is 5.82 Å². The molecule has 3 aromatic rings. The molecule has 0 atom stereocenters. The first-order valence-corrected chi connectivity index (χ1v) is 9.74. The van der Waals surface area contributed by atoms with Crippen LogP contribution < -0.4 is 9.80 Å². The molecule has 5 nitrogen and oxygen atoms in total. The van der Waals surface area contributed by atoms with Crippen molar-refractivity contribution in [2.45, 2.75) is 27.2 Å². The van der Waals surface area contributed by atoms with Gasteiger partial charge in [0.05, 0.1) is 38.4 Å². The Labute approximate surface area is 155 Å². The quantitative estimate of drug-likeness (QED) is 0.782. The number of nitrogens with one attached hydrogen (secondary N) is 1. The van der Waals surface area contributed by atoms with Crippen molar-refractivity contribution < 1.29 is 4.90 Å². The first kappa shape index (κ1) is 17.0. The lowest BCUT2D eigenvalue weighted by atomic mass is 10.0. The zero-order chi connectivity index (χ0) is 18.1. The normalized spacial score (nSPS) is 15.7. The summed E-state index contributed by atoms with van der Waals surface area (Å²) in [4.78, 5) is 9.03. The van der Waals surface area contributed by atoms with E-state index in [2.05, 4.69) is 66.6 Å². The third kappa shape index (κ3) is 2.97. The van der Waals surface area contributed by atoms with Crippen molar-refractivity contribution in [3.05, 3.63) is 47.8 Å². The zero-order valence-corrected chi connectivity index (χ0v) is 16.0. The van der Waals surface area contributed by atoms with Gasteiger partial charge < -0.3 is 9.80 Å². The first-order chi connectivity index (χ1) is 12.7. The number of fused-ring (bicyclic) bond motifs is 1. The van der Waals surface area contributed by atoms with Crippen molar-refractivity contribution in [1.29, 1.82) is 0 Å². The van der Waals surface area contributed by atoms with Crippen LogP contribution in [0.4, 0.5) is 5.82 Å². The molecular formula is C21H28N5+. The molecule has 0 bridgehead atoms. The monoisotopic (exact) mass is 350 g/mol. The number of benzene rings is 1. The average molecular weight is 350 g/mol. The molecule has 4 rings (SSSR count). The molecule has 5 heteroatoms. The molecule has 0 aliphatic carbocycles. The third-order valence-electron chi connectivity index (χ3n) is 5.46. The van der Waals surface area contributed by atoms with Gasteiger partial charge in [-0.25, -0.2) is 4.98 Å². The number of aryl methyl sites for hydroxylation is 2. The maximum Gasteiger partial charge on any atom is 0.165 e. The van der Waals surface area contributed by atoms with Crippen LogP contribution in [0.15, 0.2) is 36.4 Å². The Morgan fingerprint density at radius 3 is 2.46 bits per heavy atom. The van der Waals surface area contributed by atoms with Gasteiger partial charge in [0.15, 0.2) is 5.65 Å². The van der Waals surface area contributed by atoms with Crippen molar-refractivity contribution >= 4 is 11.5 Å². The molecule has 1 aliphatic rings. The van der Waals surface area contributed by atoms with Crippen molar-refractivity contribution in [1.82, 2.24) is 14.6 Å². The summed E-state index contributed by atoms with van der Waals surface area (Å²) < 4.78 is 2.07. The Morgan fingerprint density at radius 1 is 1.08 bits per heavy atom. The molecule has 1 N–H and O–H groups in total.